The molecule has 0 bridgehead atoms. The largest absolute Gasteiger partial charge is 0.339 e. The number of rotatable bonds is 3. The van der Waals surface area contributed by atoms with Crippen LogP contribution in [0.1, 0.15) is 47.4 Å². The summed E-state index contributed by atoms with van der Waals surface area (Å²) in [6, 6.07) is 7.09. The molecule has 0 aliphatic carbocycles. The van der Waals surface area contributed by atoms with Crippen LogP contribution in [0.3, 0.4) is 0 Å². The van der Waals surface area contributed by atoms with E-state index in [-0.39, 0.29) is 17.7 Å². The highest BCUT2D eigenvalue weighted by molar-refractivity contribution is 5.97. The zero-order valence-electron chi connectivity index (χ0n) is 12.1. The second-order valence-corrected chi connectivity index (χ2v) is 5.62. The molecule has 1 saturated heterocycles. The lowest BCUT2D eigenvalue weighted by Crippen LogP contribution is -2.42. The highest BCUT2D eigenvalue weighted by Gasteiger charge is 2.25. The third kappa shape index (κ3) is 3.25. The molecule has 1 atom stereocenters. The first-order valence-electron chi connectivity index (χ1n) is 7.15. The van der Waals surface area contributed by atoms with Crippen LogP contribution in [-0.2, 0) is 0 Å². The molecule has 1 aliphatic heterocycles. The Hall–Kier alpha value is -1.68. The van der Waals surface area contributed by atoms with E-state index >= 15 is 0 Å². The van der Waals surface area contributed by atoms with Crippen molar-refractivity contribution in [1.82, 2.24) is 4.90 Å². The van der Waals surface area contributed by atoms with E-state index in [9.17, 15) is 9.59 Å². The van der Waals surface area contributed by atoms with Crippen molar-refractivity contribution in [2.45, 2.75) is 32.7 Å². The number of carbonyl (C=O) groups is 2. The molecular weight excluding hydrogens is 252 g/mol. The summed E-state index contributed by atoms with van der Waals surface area (Å²) in [7, 11) is 0. The van der Waals surface area contributed by atoms with E-state index in [2.05, 4.69) is 0 Å². The van der Waals surface area contributed by atoms with Gasteiger partial charge in [-0.25, -0.2) is 0 Å². The van der Waals surface area contributed by atoms with Crippen molar-refractivity contribution in [2.24, 2.45) is 11.7 Å². The zero-order chi connectivity index (χ0) is 14.7. The molecule has 4 nitrogen and oxygen atoms in total. The van der Waals surface area contributed by atoms with Crippen LogP contribution in [0.15, 0.2) is 24.3 Å². The molecule has 2 rings (SSSR count). The molecule has 1 unspecified atom stereocenters. The van der Waals surface area contributed by atoms with E-state index < -0.39 is 0 Å². The van der Waals surface area contributed by atoms with Crippen molar-refractivity contribution in [3.8, 4) is 0 Å². The molecule has 1 aromatic rings. The number of nitrogens with two attached hydrogens (primary N) is 1. The monoisotopic (exact) mass is 274 g/mol. The van der Waals surface area contributed by atoms with Crippen molar-refractivity contribution >= 4 is 11.7 Å². The van der Waals surface area contributed by atoms with Crippen LogP contribution in [-0.4, -0.2) is 35.7 Å². The number of amides is 1. The molecule has 1 aliphatic rings. The van der Waals surface area contributed by atoms with E-state index in [4.69, 9.17) is 5.73 Å². The van der Waals surface area contributed by atoms with Gasteiger partial charge in [0.25, 0.3) is 5.91 Å². The summed E-state index contributed by atoms with van der Waals surface area (Å²) in [5, 5.41) is 0. The Kier molecular flexibility index (Phi) is 4.55. The number of Topliss-reactive ketones (excluding diaryl/α,β-unsaturated/α-hetero) is 1. The van der Waals surface area contributed by atoms with Crippen molar-refractivity contribution in [2.75, 3.05) is 13.1 Å². The standard InChI is InChI=1S/C16H22N2O2/c1-11(17)13-7-9-18(10-8-13)16(20)15-5-3-14(4-6-15)12(2)19/h3-6,11,13H,7-10,17H2,1-2H3. The minimum Gasteiger partial charge on any atom is -0.339 e. The maximum atomic E-state index is 12.4. The molecule has 108 valence electrons. The van der Waals surface area contributed by atoms with Gasteiger partial charge < -0.3 is 10.6 Å². The van der Waals surface area contributed by atoms with Crippen LogP contribution < -0.4 is 5.73 Å². The Morgan fingerprint density at radius 2 is 1.65 bits per heavy atom. The number of piperidine rings is 1. The summed E-state index contributed by atoms with van der Waals surface area (Å²) in [6.07, 6.45) is 1.93. The number of carbonyl (C=O) groups excluding carboxylic acids is 2. The van der Waals surface area contributed by atoms with Crippen LogP contribution in [0, 0.1) is 5.92 Å². The third-order valence-electron chi connectivity index (χ3n) is 4.11. The second-order valence-electron chi connectivity index (χ2n) is 5.62. The Morgan fingerprint density at radius 1 is 1.15 bits per heavy atom. The number of ketones is 1. The molecule has 20 heavy (non-hydrogen) atoms. The highest BCUT2D eigenvalue weighted by Crippen LogP contribution is 2.21. The van der Waals surface area contributed by atoms with Gasteiger partial charge >= 0.3 is 0 Å². The molecule has 1 aromatic carbocycles. The summed E-state index contributed by atoms with van der Waals surface area (Å²) in [5.41, 5.74) is 7.19. The molecule has 0 saturated carbocycles. The summed E-state index contributed by atoms with van der Waals surface area (Å²) in [6.45, 7) is 5.08. The number of benzene rings is 1. The lowest BCUT2D eigenvalue weighted by molar-refractivity contribution is 0.0680. The van der Waals surface area contributed by atoms with E-state index in [0.717, 1.165) is 25.9 Å². The first-order valence-corrected chi connectivity index (χ1v) is 7.15. The molecule has 0 spiro atoms. The first-order chi connectivity index (χ1) is 9.49. The Bertz CT molecular complexity index is 486. The van der Waals surface area contributed by atoms with Gasteiger partial charge in [0.2, 0.25) is 0 Å². The van der Waals surface area contributed by atoms with E-state index in [1.54, 1.807) is 24.3 Å². The molecule has 1 amide bonds. The van der Waals surface area contributed by atoms with Crippen LogP contribution in [0.2, 0.25) is 0 Å². The minimum absolute atomic E-state index is 0.0155. The topological polar surface area (TPSA) is 63.4 Å². The van der Waals surface area contributed by atoms with Crippen molar-refractivity contribution in [3.05, 3.63) is 35.4 Å². The Morgan fingerprint density at radius 3 is 2.10 bits per heavy atom. The lowest BCUT2D eigenvalue weighted by atomic mass is 9.90. The van der Waals surface area contributed by atoms with Crippen molar-refractivity contribution in [1.29, 1.82) is 0 Å². The first kappa shape index (κ1) is 14.7. The highest BCUT2D eigenvalue weighted by atomic mass is 16.2. The zero-order valence-corrected chi connectivity index (χ0v) is 12.1. The molecule has 4 heteroatoms. The maximum absolute atomic E-state index is 12.4. The van der Waals surface area contributed by atoms with Gasteiger partial charge in [-0.05, 0) is 44.7 Å². The van der Waals surface area contributed by atoms with Gasteiger partial charge in [-0.2, -0.15) is 0 Å². The molecule has 2 N–H and O–H groups in total. The number of hydrogen-bond donors (Lipinski definition) is 1. The van der Waals surface area contributed by atoms with Gasteiger partial charge in [0.1, 0.15) is 0 Å². The van der Waals surface area contributed by atoms with Crippen molar-refractivity contribution in [3.63, 3.8) is 0 Å². The SMILES string of the molecule is CC(=O)c1ccc(C(=O)N2CCC(C(C)N)CC2)cc1. The lowest BCUT2D eigenvalue weighted by Gasteiger charge is -2.33. The van der Waals surface area contributed by atoms with Crippen LogP contribution in [0.5, 0.6) is 0 Å². The Balaban J connectivity index is 2.00. The average Bonchev–Trinajstić information content (AvgIpc) is 2.46. The van der Waals surface area contributed by atoms with Gasteiger partial charge in [0.05, 0.1) is 0 Å². The third-order valence-corrected chi connectivity index (χ3v) is 4.11. The molecule has 1 heterocycles. The summed E-state index contributed by atoms with van der Waals surface area (Å²) in [4.78, 5) is 25.5. The second kappa shape index (κ2) is 6.18. The molecule has 0 aromatic heterocycles. The summed E-state index contributed by atoms with van der Waals surface area (Å²) < 4.78 is 0. The number of hydrogen-bond acceptors (Lipinski definition) is 3. The van der Waals surface area contributed by atoms with Gasteiger partial charge in [0, 0.05) is 30.3 Å². The number of nitrogens with zero attached hydrogens (tertiary/aromatic N) is 1. The summed E-state index contributed by atoms with van der Waals surface area (Å²) >= 11 is 0. The summed E-state index contributed by atoms with van der Waals surface area (Å²) in [5.74, 6) is 0.573. The van der Waals surface area contributed by atoms with E-state index in [1.807, 2.05) is 11.8 Å². The fourth-order valence-corrected chi connectivity index (χ4v) is 2.66. The van der Waals surface area contributed by atoms with Crippen molar-refractivity contribution < 1.29 is 9.59 Å². The van der Waals surface area contributed by atoms with Crippen LogP contribution >= 0.6 is 0 Å². The Labute approximate surface area is 119 Å². The van der Waals surface area contributed by atoms with E-state index in [1.165, 1.54) is 6.92 Å². The molecule has 1 fully saturated rings. The molecular formula is C16H22N2O2. The van der Waals surface area contributed by atoms with Gasteiger partial charge in [-0.1, -0.05) is 12.1 Å². The normalized spacial score (nSPS) is 17.9. The minimum atomic E-state index is 0.0155. The smallest absolute Gasteiger partial charge is 0.253 e. The predicted octanol–water partition coefficient (Wildman–Crippen LogP) is 2.09. The van der Waals surface area contributed by atoms with Gasteiger partial charge in [-0.15, -0.1) is 0 Å². The predicted molar refractivity (Wildman–Crippen MR) is 78.7 cm³/mol. The van der Waals surface area contributed by atoms with Gasteiger partial charge in [0.15, 0.2) is 5.78 Å². The van der Waals surface area contributed by atoms with Crippen LogP contribution in [0.4, 0.5) is 0 Å². The quantitative estimate of drug-likeness (QED) is 0.858. The van der Waals surface area contributed by atoms with E-state index in [0.29, 0.717) is 17.0 Å². The average molecular weight is 274 g/mol. The van der Waals surface area contributed by atoms with Gasteiger partial charge in [-0.3, -0.25) is 9.59 Å². The maximum Gasteiger partial charge on any atom is 0.253 e. The molecule has 0 radical (unpaired) electrons. The fourth-order valence-electron chi connectivity index (χ4n) is 2.66. The number of likely N-dealkylation sites (tertiary alicyclic amines) is 1. The van der Waals surface area contributed by atoms with Crippen LogP contribution in [0.25, 0.3) is 0 Å². The fraction of sp³-hybridized carbons (Fsp3) is 0.500.